The molecule has 0 spiro atoms. The minimum atomic E-state index is -0.288. The molecular weight excluding hydrogens is 360 g/mol. The van der Waals surface area contributed by atoms with Crippen LogP contribution in [0.5, 0.6) is 5.75 Å². The molecule has 4 nitrogen and oxygen atoms in total. The van der Waals surface area contributed by atoms with Crippen molar-refractivity contribution in [2.24, 2.45) is 10.9 Å². The first-order valence-electron chi connectivity index (χ1n) is 9.29. The van der Waals surface area contributed by atoms with Crippen molar-refractivity contribution >= 4 is 29.5 Å². The molecule has 0 amide bonds. The molecule has 0 heterocycles. The van der Waals surface area contributed by atoms with Gasteiger partial charge in [-0.05, 0) is 54.5 Å². The SMILES string of the molecule is CCN(CC)Cc1ccc(N=Cc2cc(Cl)cc(OC(=O)C(C)C)c2)cc1. The third-order valence-electron chi connectivity index (χ3n) is 4.18. The molecule has 2 rings (SSSR count). The molecule has 0 aliphatic heterocycles. The summed E-state index contributed by atoms with van der Waals surface area (Å²) in [6, 6.07) is 13.4. The fraction of sp³-hybridized carbons (Fsp3) is 0.364. The summed E-state index contributed by atoms with van der Waals surface area (Å²) in [5, 5.41) is 0.500. The van der Waals surface area contributed by atoms with Gasteiger partial charge in [0.2, 0.25) is 0 Å². The van der Waals surface area contributed by atoms with Crippen molar-refractivity contribution in [3.05, 3.63) is 58.6 Å². The number of hydrogen-bond donors (Lipinski definition) is 0. The molecule has 0 saturated heterocycles. The molecule has 0 fully saturated rings. The van der Waals surface area contributed by atoms with E-state index in [9.17, 15) is 4.79 Å². The van der Waals surface area contributed by atoms with Gasteiger partial charge >= 0.3 is 5.97 Å². The van der Waals surface area contributed by atoms with E-state index in [1.165, 1.54) is 5.56 Å². The summed E-state index contributed by atoms with van der Waals surface area (Å²) in [5.41, 5.74) is 2.91. The van der Waals surface area contributed by atoms with Crippen LogP contribution in [0.2, 0.25) is 5.02 Å². The zero-order chi connectivity index (χ0) is 19.8. The molecule has 0 radical (unpaired) electrons. The van der Waals surface area contributed by atoms with Crippen LogP contribution in [0.4, 0.5) is 5.69 Å². The number of carbonyl (C=O) groups excluding carboxylic acids is 1. The molecule has 0 aliphatic carbocycles. The minimum Gasteiger partial charge on any atom is -0.426 e. The molecule has 0 bridgehead atoms. The molecule has 2 aromatic rings. The second-order valence-electron chi connectivity index (χ2n) is 6.68. The van der Waals surface area contributed by atoms with Crippen molar-refractivity contribution in [1.29, 1.82) is 0 Å². The maximum atomic E-state index is 11.8. The van der Waals surface area contributed by atoms with Gasteiger partial charge in [-0.1, -0.05) is 51.4 Å². The Kier molecular flexibility index (Phi) is 8.01. The Hall–Kier alpha value is -2.17. The number of carbonyl (C=O) groups is 1. The van der Waals surface area contributed by atoms with Gasteiger partial charge < -0.3 is 4.74 Å². The highest BCUT2D eigenvalue weighted by molar-refractivity contribution is 6.31. The number of aliphatic imine (C=N–C) groups is 1. The first kappa shape index (κ1) is 21.1. The molecule has 0 atom stereocenters. The number of halogens is 1. The molecule has 0 N–H and O–H groups in total. The lowest BCUT2D eigenvalue weighted by molar-refractivity contribution is -0.137. The normalized spacial score (nSPS) is 11.5. The van der Waals surface area contributed by atoms with Crippen LogP contribution in [0.1, 0.15) is 38.8 Å². The highest BCUT2D eigenvalue weighted by Gasteiger charge is 2.10. The van der Waals surface area contributed by atoms with Gasteiger partial charge in [0.1, 0.15) is 5.75 Å². The van der Waals surface area contributed by atoms with E-state index in [-0.39, 0.29) is 11.9 Å². The molecule has 0 aliphatic rings. The monoisotopic (exact) mass is 386 g/mol. The zero-order valence-corrected chi connectivity index (χ0v) is 17.2. The van der Waals surface area contributed by atoms with Crippen molar-refractivity contribution in [2.45, 2.75) is 34.2 Å². The highest BCUT2D eigenvalue weighted by atomic mass is 35.5. The van der Waals surface area contributed by atoms with E-state index in [2.05, 4.69) is 35.9 Å². The van der Waals surface area contributed by atoms with Gasteiger partial charge in [0.25, 0.3) is 0 Å². The van der Waals surface area contributed by atoms with E-state index >= 15 is 0 Å². The largest absolute Gasteiger partial charge is 0.426 e. The Morgan fingerprint density at radius 1 is 1.15 bits per heavy atom. The maximum absolute atomic E-state index is 11.8. The average molecular weight is 387 g/mol. The summed E-state index contributed by atoms with van der Waals surface area (Å²) < 4.78 is 5.33. The summed E-state index contributed by atoms with van der Waals surface area (Å²) in [7, 11) is 0. The van der Waals surface area contributed by atoms with Crippen LogP contribution in [0.3, 0.4) is 0 Å². The minimum absolute atomic E-state index is 0.198. The first-order valence-corrected chi connectivity index (χ1v) is 9.66. The molecule has 144 valence electrons. The Morgan fingerprint density at radius 2 is 1.81 bits per heavy atom. The number of hydrogen-bond acceptors (Lipinski definition) is 4. The van der Waals surface area contributed by atoms with Gasteiger partial charge in [-0.3, -0.25) is 14.7 Å². The van der Waals surface area contributed by atoms with Crippen molar-refractivity contribution in [3.8, 4) is 5.75 Å². The Labute approximate surface area is 166 Å². The summed E-state index contributed by atoms with van der Waals surface area (Å²) in [4.78, 5) is 18.6. The molecule has 0 aromatic heterocycles. The molecule has 2 aromatic carbocycles. The lowest BCUT2D eigenvalue weighted by Crippen LogP contribution is -2.21. The second kappa shape index (κ2) is 10.2. The highest BCUT2D eigenvalue weighted by Crippen LogP contribution is 2.22. The van der Waals surface area contributed by atoms with E-state index in [1.54, 1.807) is 38.3 Å². The number of ether oxygens (including phenoxy) is 1. The van der Waals surface area contributed by atoms with Crippen LogP contribution in [0, 0.1) is 5.92 Å². The van der Waals surface area contributed by atoms with Crippen LogP contribution in [0.15, 0.2) is 47.5 Å². The summed E-state index contributed by atoms with van der Waals surface area (Å²) in [5.74, 6) is -0.0582. The molecular formula is C22H27ClN2O2. The topological polar surface area (TPSA) is 41.9 Å². The van der Waals surface area contributed by atoms with Gasteiger partial charge in [0.15, 0.2) is 0 Å². The third kappa shape index (κ3) is 6.81. The van der Waals surface area contributed by atoms with E-state index in [1.807, 2.05) is 12.1 Å². The molecule has 5 heteroatoms. The van der Waals surface area contributed by atoms with Crippen molar-refractivity contribution < 1.29 is 9.53 Å². The van der Waals surface area contributed by atoms with Crippen molar-refractivity contribution in [2.75, 3.05) is 13.1 Å². The molecule has 27 heavy (non-hydrogen) atoms. The van der Waals surface area contributed by atoms with Crippen LogP contribution >= 0.6 is 11.6 Å². The van der Waals surface area contributed by atoms with Crippen LogP contribution in [-0.2, 0) is 11.3 Å². The van der Waals surface area contributed by atoms with Gasteiger partial charge in [-0.2, -0.15) is 0 Å². The van der Waals surface area contributed by atoms with E-state index in [0.717, 1.165) is 30.9 Å². The Morgan fingerprint density at radius 3 is 2.41 bits per heavy atom. The van der Waals surface area contributed by atoms with Crippen molar-refractivity contribution in [3.63, 3.8) is 0 Å². The van der Waals surface area contributed by atoms with Crippen LogP contribution in [0.25, 0.3) is 0 Å². The maximum Gasteiger partial charge on any atom is 0.313 e. The average Bonchev–Trinajstić information content (AvgIpc) is 2.64. The lowest BCUT2D eigenvalue weighted by atomic mass is 10.2. The van der Waals surface area contributed by atoms with E-state index in [0.29, 0.717) is 10.8 Å². The second-order valence-corrected chi connectivity index (χ2v) is 7.12. The Balaban J connectivity index is 2.08. The summed E-state index contributed by atoms with van der Waals surface area (Å²) >= 11 is 6.13. The van der Waals surface area contributed by atoms with Gasteiger partial charge in [-0.25, -0.2) is 0 Å². The number of rotatable bonds is 8. The number of benzene rings is 2. The smallest absolute Gasteiger partial charge is 0.313 e. The number of nitrogens with zero attached hydrogens (tertiary/aromatic N) is 2. The quantitative estimate of drug-likeness (QED) is 0.342. The van der Waals surface area contributed by atoms with Crippen LogP contribution < -0.4 is 4.74 Å². The fourth-order valence-electron chi connectivity index (χ4n) is 2.49. The summed E-state index contributed by atoms with van der Waals surface area (Å²) in [6.45, 7) is 10.9. The third-order valence-corrected chi connectivity index (χ3v) is 4.40. The Bertz CT molecular complexity index is 781. The standard InChI is InChI=1S/C22H27ClN2O2/c1-5-25(6-2)15-17-7-9-20(10-8-17)24-14-18-11-19(23)13-21(12-18)27-22(26)16(3)4/h7-14,16H,5-6,15H2,1-4H3. The van der Waals surface area contributed by atoms with Crippen LogP contribution in [-0.4, -0.2) is 30.2 Å². The fourth-order valence-corrected chi connectivity index (χ4v) is 2.73. The molecule has 0 unspecified atom stereocenters. The van der Waals surface area contributed by atoms with E-state index < -0.39 is 0 Å². The number of esters is 1. The predicted octanol–water partition coefficient (Wildman–Crippen LogP) is 5.49. The van der Waals surface area contributed by atoms with Gasteiger partial charge in [0.05, 0.1) is 11.6 Å². The van der Waals surface area contributed by atoms with Crippen molar-refractivity contribution in [1.82, 2.24) is 4.90 Å². The summed E-state index contributed by atoms with van der Waals surface area (Å²) in [6.07, 6.45) is 1.72. The molecule has 0 saturated carbocycles. The zero-order valence-electron chi connectivity index (χ0n) is 16.4. The van der Waals surface area contributed by atoms with E-state index in [4.69, 9.17) is 16.3 Å². The van der Waals surface area contributed by atoms with Gasteiger partial charge in [0, 0.05) is 17.8 Å². The lowest BCUT2D eigenvalue weighted by Gasteiger charge is -2.17. The van der Waals surface area contributed by atoms with Gasteiger partial charge in [-0.15, -0.1) is 0 Å². The first-order chi connectivity index (χ1) is 12.9. The predicted molar refractivity (Wildman–Crippen MR) is 112 cm³/mol.